The third-order valence-electron chi connectivity index (χ3n) is 3.00. The van der Waals surface area contributed by atoms with Gasteiger partial charge in [-0.1, -0.05) is 23.2 Å². The number of nitro groups is 1. The third kappa shape index (κ3) is 4.82. The molecule has 2 aromatic rings. The van der Waals surface area contributed by atoms with Gasteiger partial charge < -0.3 is 15.8 Å². The lowest BCUT2D eigenvalue weighted by Gasteiger charge is -2.08. The first-order valence-electron chi connectivity index (χ1n) is 6.74. The van der Waals surface area contributed by atoms with Gasteiger partial charge >= 0.3 is 5.97 Å². The van der Waals surface area contributed by atoms with E-state index in [1.165, 1.54) is 18.2 Å². The molecule has 0 saturated carbocycles. The zero-order chi connectivity index (χ0) is 18.6. The number of benzene rings is 2. The first-order valence-corrected chi connectivity index (χ1v) is 7.49. The number of amides is 1. The number of ether oxygens (including phenoxy) is 1. The van der Waals surface area contributed by atoms with Crippen LogP contribution in [0.15, 0.2) is 36.4 Å². The lowest BCUT2D eigenvalue weighted by Crippen LogP contribution is -2.21. The predicted molar refractivity (Wildman–Crippen MR) is 92.9 cm³/mol. The number of hydrogen-bond donors (Lipinski definition) is 2. The van der Waals surface area contributed by atoms with E-state index in [9.17, 15) is 19.7 Å². The largest absolute Gasteiger partial charge is 0.452 e. The number of nitrogens with zero attached hydrogens (tertiary/aromatic N) is 1. The molecule has 2 aromatic carbocycles. The van der Waals surface area contributed by atoms with E-state index in [2.05, 4.69) is 5.32 Å². The van der Waals surface area contributed by atoms with Crippen LogP contribution in [-0.2, 0) is 9.53 Å². The van der Waals surface area contributed by atoms with Crippen LogP contribution in [0.4, 0.5) is 17.1 Å². The topological polar surface area (TPSA) is 125 Å². The molecule has 3 N–H and O–H groups in total. The SMILES string of the molecule is Nc1cc([N+](=O)[O-])ccc1C(=O)OCC(=O)Nc1ccc(Cl)c(Cl)c1. The Morgan fingerprint density at radius 3 is 2.48 bits per heavy atom. The average Bonchev–Trinajstić information content (AvgIpc) is 2.56. The van der Waals surface area contributed by atoms with E-state index in [-0.39, 0.29) is 22.0 Å². The van der Waals surface area contributed by atoms with Gasteiger partial charge in [0.05, 0.1) is 26.2 Å². The van der Waals surface area contributed by atoms with Gasteiger partial charge in [-0.05, 0) is 24.3 Å². The van der Waals surface area contributed by atoms with Crippen LogP contribution in [0.5, 0.6) is 0 Å². The molecule has 0 saturated heterocycles. The molecule has 25 heavy (non-hydrogen) atoms. The number of rotatable bonds is 5. The number of carbonyl (C=O) groups is 2. The highest BCUT2D eigenvalue weighted by Gasteiger charge is 2.16. The molecule has 0 atom stereocenters. The highest BCUT2D eigenvalue weighted by Crippen LogP contribution is 2.25. The van der Waals surface area contributed by atoms with Crippen molar-refractivity contribution in [2.45, 2.75) is 0 Å². The van der Waals surface area contributed by atoms with Crippen LogP contribution < -0.4 is 11.1 Å². The van der Waals surface area contributed by atoms with Gasteiger partial charge in [0.1, 0.15) is 0 Å². The van der Waals surface area contributed by atoms with Crippen molar-refractivity contribution in [1.82, 2.24) is 0 Å². The molecule has 0 aromatic heterocycles. The van der Waals surface area contributed by atoms with Crippen molar-refractivity contribution < 1.29 is 19.2 Å². The van der Waals surface area contributed by atoms with Crippen LogP contribution in [0.2, 0.25) is 10.0 Å². The average molecular weight is 384 g/mol. The van der Waals surface area contributed by atoms with Crippen molar-refractivity contribution in [3.05, 3.63) is 62.1 Å². The van der Waals surface area contributed by atoms with Gasteiger partial charge in [0.15, 0.2) is 6.61 Å². The molecule has 0 radical (unpaired) electrons. The number of esters is 1. The van der Waals surface area contributed by atoms with E-state index in [0.717, 1.165) is 18.2 Å². The van der Waals surface area contributed by atoms with Crippen LogP contribution >= 0.6 is 23.2 Å². The molecular formula is C15H11Cl2N3O5. The minimum atomic E-state index is -0.878. The first-order chi connectivity index (χ1) is 11.8. The highest BCUT2D eigenvalue weighted by atomic mass is 35.5. The van der Waals surface area contributed by atoms with Gasteiger partial charge in [-0.2, -0.15) is 0 Å². The summed E-state index contributed by atoms with van der Waals surface area (Å²) < 4.78 is 4.84. The van der Waals surface area contributed by atoms with Gasteiger partial charge in [0.25, 0.3) is 11.6 Å². The van der Waals surface area contributed by atoms with Crippen LogP contribution in [0.1, 0.15) is 10.4 Å². The molecule has 130 valence electrons. The summed E-state index contributed by atoms with van der Waals surface area (Å²) in [6, 6.07) is 7.78. The molecule has 1 amide bonds. The zero-order valence-corrected chi connectivity index (χ0v) is 14.0. The second-order valence-corrected chi connectivity index (χ2v) is 5.60. The fraction of sp³-hybridized carbons (Fsp3) is 0.0667. The molecule has 0 spiro atoms. The van der Waals surface area contributed by atoms with Crippen LogP contribution in [0, 0.1) is 10.1 Å². The number of nitrogens with one attached hydrogen (secondary N) is 1. The third-order valence-corrected chi connectivity index (χ3v) is 3.74. The van der Waals surface area contributed by atoms with Crippen molar-refractivity contribution in [2.75, 3.05) is 17.7 Å². The lowest BCUT2D eigenvalue weighted by molar-refractivity contribution is -0.384. The summed E-state index contributed by atoms with van der Waals surface area (Å²) in [6.07, 6.45) is 0. The Kier molecular flexibility index (Phi) is 5.79. The number of carbonyl (C=O) groups excluding carboxylic acids is 2. The fourth-order valence-corrected chi connectivity index (χ4v) is 2.13. The Morgan fingerprint density at radius 2 is 1.88 bits per heavy atom. The Labute approximate surface area is 151 Å². The quantitative estimate of drug-likeness (QED) is 0.353. The Morgan fingerprint density at radius 1 is 1.16 bits per heavy atom. The molecule has 2 rings (SSSR count). The molecule has 0 unspecified atom stereocenters. The minimum absolute atomic E-state index is 0.0760. The summed E-state index contributed by atoms with van der Waals surface area (Å²) in [4.78, 5) is 33.7. The summed E-state index contributed by atoms with van der Waals surface area (Å²) in [5.74, 6) is -1.48. The predicted octanol–water partition coefficient (Wildman–Crippen LogP) is 3.28. The van der Waals surface area contributed by atoms with Crippen LogP contribution in [0.3, 0.4) is 0 Å². The Balaban J connectivity index is 1.96. The first kappa shape index (κ1) is 18.5. The molecular weight excluding hydrogens is 373 g/mol. The standard InChI is InChI=1S/C15H11Cl2N3O5/c16-11-4-1-8(5-12(11)17)19-14(21)7-25-15(22)10-3-2-9(20(23)24)6-13(10)18/h1-6H,7,18H2,(H,19,21). The van der Waals surface area contributed by atoms with Crippen molar-refractivity contribution in [3.63, 3.8) is 0 Å². The second kappa shape index (κ2) is 7.82. The number of nitro benzene ring substituents is 1. The number of nitrogens with two attached hydrogens (primary N) is 1. The number of non-ortho nitro benzene ring substituents is 1. The van der Waals surface area contributed by atoms with E-state index in [4.69, 9.17) is 33.7 Å². The molecule has 0 fully saturated rings. The molecule has 0 aliphatic rings. The second-order valence-electron chi connectivity index (χ2n) is 4.78. The number of nitrogen functional groups attached to an aromatic ring is 1. The molecule has 0 heterocycles. The monoisotopic (exact) mass is 383 g/mol. The summed E-state index contributed by atoms with van der Waals surface area (Å²) in [7, 11) is 0. The normalized spacial score (nSPS) is 10.2. The molecule has 0 aliphatic carbocycles. The van der Waals surface area contributed by atoms with Crippen molar-refractivity contribution in [3.8, 4) is 0 Å². The number of halogens is 2. The maximum Gasteiger partial charge on any atom is 0.340 e. The smallest absolute Gasteiger partial charge is 0.340 e. The zero-order valence-electron chi connectivity index (χ0n) is 12.5. The van der Waals surface area contributed by atoms with Gasteiger partial charge in [-0.25, -0.2) is 4.79 Å². The van der Waals surface area contributed by atoms with E-state index in [1.54, 1.807) is 0 Å². The molecule has 0 aliphatic heterocycles. The summed E-state index contributed by atoms with van der Waals surface area (Å²) in [5, 5.41) is 13.7. The summed E-state index contributed by atoms with van der Waals surface area (Å²) >= 11 is 11.6. The number of anilines is 2. The maximum absolute atomic E-state index is 11.9. The maximum atomic E-state index is 11.9. The minimum Gasteiger partial charge on any atom is -0.452 e. The molecule has 0 bridgehead atoms. The van der Waals surface area contributed by atoms with Crippen molar-refractivity contribution in [2.24, 2.45) is 0 Å². The van der Waals surface area contributed by atoms with Crippen molar-refractivity contribution in [1.29, 1.82) is 0 Å². The van der Waals surface area contributed by atoms with Gasteiger partial charge in [0.2, 0.25) is 0 Å². The van der Waals surface area contributed by atoms with Gasteiger partial charge in [0, 0.05) is 17.8 Å². The van der Waals surface area contributed by atoms with E-state index < -0.39 is 23.4 Å². The number of hydrogen-bond acceptors (Lipinski definition) is 6. The van der Waals surface area contributed by atoms with Crippen molar-refractivity contribution >= 4 is 52.1 Å². The van der Waals surface area contributed by atoms with E-state index >= 15 is 0 Å². The highest BCUT2D eigenvalue weighted by molar-refractivity contribution is 6.42. The van der Waals surface area contributed by atoms with E-state index in [0.29, 0.717) is 10.7 Å². The van der Waals surface area contributed by atoms with E-state index in [1.807, 2.05) is 0 Å². The lowest BCUT2D eigenvalue weighted by atomic mass is 10.1. The van der Waals surface area contributed by atoms with Gasteiger partial charge in [-0.3, -0.25) is 14.9 Å². The van der Waals surface area contributed by atoms with Crippen LogP contribution in [-0.4, -0.2) is 23.4 Å². The summed E-state index contributed by atoms with van der Waals surface area (Å²) in [6.45, 7) is -0.574. The molecule has 8 nitrogen and oxygen atoms in total. The Hall–Kier alpha value is -2.84. The molecule has 10 heteroatoms. The summed E-state index contributed by atoms with van der Waals surface area (Å²) in [5.41, 5.74) is 5.51. The van der Waals surface area contributed by atoms with Gasteiger partial charge in [-0.15, -0.1) is 0 Å². The Bertz CT molecular complexity index is 857. The van der Waals surface area contributed by atoms with Crippen LogP contribution in [0.25, 0.3) is 0 Å². The fourth-order valence-electron chi connectivity index (χ4n) is 1.83.